The van der Waals surface area contributed by atoms with Crippen LogP contribution in [-0.2, 0) is 13.1 Å². The molecule has 0 atom stereocenters. The van der Waals surface area contributed by atoms with E-state index in [2.05, 4.69) is 14.9 Å². The van der Waals surface area contributed by atoms with Crippen LogP contribution in [-0.4, -0.2) is 27.8 Å². The van der Waals surface area contributed by atoms with Crippen LogP contribution >= 0.6 is 0 Å². The Hall–Kier alpha value is -2.27. The molecule has 2 aromatic rings. The predicted octanol–water partition coefficient (Wildman–Crippen LogP) is 1.39. The summed E-state index contributed by atoms with van der Waals surface area (Å²) < 4.78 is 0. The minimum atomic E-state index is 0.00498. The highest BCUT2D eigenvalue weighted by Gasteiger charge is 2.09. The molecule has 3 N–H and O–H groups in total. The average Bonchev–Trinajstić information content (AvgIpc) is 2.40. The van der Waals surface area contributed by atoms with Crippen molar-refractivity contribution in [1.29, 1.82) is 5.41 Å². The Morgan fingerprint density at radius 2 is 2.05 bits per heavy atom. The molecule has 5 nitrogen and oxygen atoms in total. The summed E-state index contributed by atoms with van der Waals surface area (Å²) in [6.07, 6.45) is 5.27. The van der Waals surface area contributed by atoms with E-state index >= 15 is 0 Å². The van der Waals surface area contributed by atoms with Crippen LogP contribution in [0.25, 0.3) is 0 Å². The van der Waals surface area contributed by atoms with Crippen LogP contribution in [0.5, 0.6) is 0 Å². The van der Waals surface area contributed by atoms with E-state index in [1.165, 1.54) is 0 Å². The maximum absolute atomic E-state index is 7.53. The second kappa shape index (κ2) is 6.06. The lowest BCUT2D eigenvalue weighted by atomic mass is 10.1. The largest absolute Gasteiger partial charge is 0.382 e. The van der Waals surface area contributed by atoms with E-state index in [0.29, 0.717) is 12.2 Å². The fourth-order valence-corrected chi connectivity index (χ4v) is 1.96. The Bertz CT molecular complexity index is 553. The first-order valence-corrected chi connectivity index (χ1v) is 6.02. The van der Waals surface area contributed by atoms with E-state index in [-0.39, 0.29) is 5.84 Å². The first-order chi connectivity index (χ1) is 9.16. The summed E-state index contributed by atoms with van der Waals surface area (Å²) in [5, 5.41) is 7.53. The summed E-state index contributed by atoms with van der Waals surface area (Å²) in [5.41, 5.74) is 8.20. The van der Waals surface area contributed by atoms with Crippen molar-refractivity contribution in [3.8, 4) is 0 Å². The summed E-state index contributed by atoms with van der Waals surface area (Å²) in [4.78, 5) is 10.4. The number of nitrogen functional groups attached to an aromatic ring is 1. The van der Waals surface area contributed by atoms with Crippen molar-refractivity contribution in [2.24, 2.45) is 5.73 Å². The summed E-state index contributed by atoms with van der Waals surface area (Å²) in [7, 11) is 2.02. The van der Waals surface area contributed by atoms with E-state index in [1.807, 2.05) is 37.5 Å². The SMILES string of the molecule is CN(Cc1cccnc1)Cc1cccnc1C(=N)N. The van der Waals surface area contributed by atoms with Crippen LogP contribution in [0, 0.1) is 5.41 Å². The Labute approximate surface area is 112 Å². The summed E-state index contributed by atoms with van der Waals surface area (Å²) in [6.45, 7) is 1.48. The molecule has 0 bridgehead atoms. The fraction of sp³-hybridized carbons (Fsp3) is 0.214. The number of nitrogens with one attached hydrogen (secondary N) is 1. The quantitative estimate of drug-likeness (QED) is 0.625. The highest BCUT2D eigenvalue weighted by atomic mass is 15.1. The normalized spacial score (nSPS) is 10.6. The van der Waals surface area contributed by atoms with E-state index in [4.69, 9.17) is 11.1 Å². The number of hydrogen-bond acceptors (Lipinski definition) is 4. The van der Waals surface area contributed by atoms with Gasteiger partial charge in [-0.05, 0) is 30.3 Å². The summed E-state index contributed by atoms with van der Waals surface area (Å²) in [6, 6.07) is 7.77. The predicted molar refractivity (Wildman–Crippen MR) is 74.7 cm³/mol. The molecule has 5 heteroatoms. The lowest BCUT2D eigenvalue weighted by Gasteiger charge is -2.17. The Morgan fingerprint density at radius 3 is 2.74 bits per heavy atom. The van der Waals surface area contributed by atoms with Crippen LogP contribution in [0.15, 0.2) is 42.9 Å². The smallest absolute Gasteiger partial charge is 0.142 e. The van der Waals surface area contributed by atoms with E-state index in [1.54, 1.807) is 12.4 Å². The molecule has 0 spiro atoms. The van der Waals surface area contributed by atoms with E-state index in [9.17, 15) is 0 Å². The molecule has 0 aliphatic heterocycles. The zero-order valence-corrected chi connectivity index (χ0v) is 10.9. The molecule has 0 saturated carbocycles. The van der Waals surface area contributed by atoms with Crippen molar-refractivity contribution in [2.75, 3.05) is 7.05 Å². The highest BCUT2D eigenvalue weighted by molar-refractivity contribution is 5.94. The third kappa shape index (κ3) is 3.59. The maximum Gasteiger partial charge on any atom is 0.142 e. The summed E-state index contributed by atoms with van der Waals surface area (Å²) >= 11 is 0. The molecule has 0 unspecified atom stereocenters. The monoisotopic (exact) mass is 255 g/mol. The number of hydrogen-bond donors (Lipinski definition) is 2. The average molecular weight is 255 g/mol. The van der Waals surface area contributed by atoms with Crippen molar-refractivity contribution in [2.45, 2.75) is 13.1 Å². The lowest BCUT2D eigenvalue weighted by Crippen LogP contribution is -2.22. The first kappa shape index (κ1) is 13.2. The molecule has 0 aromatic carbocycles. The topological polar surface area (TPSA) is 78.9 Å². The minimum absolute atomic E-state index is 0.00498. The number of aromatic nitrogens is 2. The van der Waals surface area contributed by atoms with Gasteiger partial charge in [0.1, 0.15) is 11.5 Å². The molecule has 98 valence electrons. The molecule has 0 amide bonds. The number of nitrogens with zero attached hydrogens (tertiary/aromatic N) is 3. The van der Waals surface area contributed by atoms with Crippen LogP contribution in [0.1, 0.15) is 16.8 Å². The van der Waals surface area contributed by atoms with Gasteiger partial charge in [-0.3, -0.25) is 20.3 Å². The third-order valence-corrected chi connectivity index (χ3v) is 2.76. The molecule has 0 aliphatic rings. The minimum Gasteiger partial charge on any atom is -0.382 e. The van der Waals surface area contributed by atoms with Crippen molar-refractivity contribution in [3.63, 3.8) is 0 Å². The zero-order valence-electron chi connectivity index (χ0n) is 10.9. The molecule has 0 aliphatic carbocycles. The zero-order chi connectivity index (χ0) is 13.7. The molecule has 2 heterocycles. The van der Waals surface area contributed by atoms with Gasteiger partial charge in [0.15, 0.2) is 0 Å². The molecule has 0 radical (unpaired) electrons. The van der Waals surface area contributed by atoms with Crippen LogP contribution in [0.3, 0.4) is 0 Å². The van der Waals surface area contributed by atoms with Crippen molar-refractivity contribution in [1.82, 2.24) is 14.9 Å². The van der Waals surface area contributed by atoms with Crippen LogP contribution in [0.2, 0.25) is 0 Å². The lowest BCUT2D eigenvalue weighted by molar-refractivity contribution is 0.318. The molecule has 0 saturated heterocycles. The van der Waals surface area contributed by atoms with Crippen molar-refractivity contribution < 1.29 is 0 Å². The highest BCUT2D eigenvalue weighted by Crippen LogP contribution is 2.10. The molecule has 2 aromatic heterocycles. The number of pyridine rings is 2. The second-order valence-corrected chi connectivity index (χ2v) is 4.46. The maximum atomic E-state index is 7.53. The van der Waals surface area contributed by atoms with Gasteiger partial charge in [-0.2, -0.15) is 0 Å². The van der Waals surface area contributed by atoms with Gasteiger partial charge in [-0.1, -0.05) is 12.1 Å². The number of amidine groups is 1. The van der Waals surface area contributed by atoms with Crippen molar-refractivity contribution in [3.05, 3.63) is 59.7 Å². The first-order valence-electron chi connectivity index (χ1n) is 6.02. The summed E-state index contributed by atoms with van der Waals surface area (Å²) in [5.74, 6) is 0.00498. The van der Waals surface area contributed by atoms with Gasteiger partial charge in [0.05, 0.1) is 0 Å². The Balaban J connectivity index is 2.07. The van der Waals surface area contributed by atoms with Crippen LogP contribution in [0.4, 0.5) is 0 Å². The van der Waals surface area contributed by atoms with E-state index < -0.39 is 0 Å². The standard InChI is InChI=1S/C14H17N5/c1-19(9-11-4-2-6-17-8-11)10-12-5-3-7-18-13(12)14(15)16/h2-8H,9-10H2,1H3,(H3,15,16). The van der Waals surface area contributed by atoms with Crippen molar-refractivity contribution >= 4 is 5.84 Å². The van der Waals surface area contributed by atoms with Gasteiger partial charge in [0.2, 0.25) is 0 Å². The molecule has 19 heavy (non-hydrogen) atoms. The molecular formula is C14H17N5. The molecule has 2 rings (SSSR count). The van der Waals surface area contributed by atoms with Gasteiger partial charge < -0.3 is 5.73 Å². The number of rotatable bonds is 5. The van der Waals surface area contributed by atoms with Gasteiger partial charge in [-0.25, -0.2) is 0 Å². The number of nitrogens with two attached hydrogens (primary N) is 1. The Kier molecular flexibility index (Phi) is 4.20. The van der Waals surface area contributed by atoms with Gasteiger partial charge in [0, 0.05) is 31.7 Å². The molecule has 0 fully saturated rings. The fourth-order valence-electron chi connectivity index (χ4n) is 1.96. The van der Waals surface area contributed by atoms with Gasteiger partial charge in [0.25, 0.3) is 0 Å². The van der Waals surface area contributed by atoms with Gasteiger partial charge >= 0.3 is 0 Å². The third-order valence-electron chi connectivity index (χ3n) is 2.76. The Morgan fingerprint density at radius 1 is 1.26 bits per heavy atom. The second-order valence-electron chi connectivity index (χ2n) is 4.46. The van der Waals surface area contributed by atoms with Crippen LogP contribution < -0.4 is 5.73 Å². The molecular weight excluding hydrogens is 238 g/mol. The van der Waals surface area contributed by atoms with Gasteiger partial charge in [-0.15, -0.1) is 0 Å². The van der Waals surface area contributed by atoms with E-state index in [0.717, 1.165) is 17.7 Å².